The van der Waals surface area contributed by atoms with Crippen molar-refractivity contribution in [2.45, 2.75) is 18.6 Å². The quantitative estimate of drug-likeness (QED) is 0.628. The zero-order chi connectivity index (χ0) is 13.3. The maximum atomic E-state index is 11.7. The number of carbonyl (C=O) groups is 1. The van der Waals surface area contributed by atoms with Crippen molar-refractivity contribution >= 4 is 15.9 Å². The molecule has 0 bridgehead atoms. The van der Waals surface area contributed by atoms with Gasteiger partial charge in [0.15, 0.2) is 4.75 Å². The molecule has 1 aliphatic heterocycles. The highest BCUT2D eigenvalue weighted by molar-refractivity contribution is 7.94. The number of hydrogen-bond acceptors (Lipinski definition) is 5. The van der Waals surface area contributed by atoms with Crippen LogP contribution in [0.1, 0.15) is 13.8 Å². The van der Waals surface area contributed by atoms with Gasteiger partial charge >= 0.3 is 0 Å². The van der Waals surface area contributed by atoms with Crippen LogP contribution >= 0.6 is 0 Å². The van der Waals surface area contributed by atoms with Gasteiger partial charge in [0, 0.05) is 26.2 Å². The molecule has 1 amide bonds. The molecule has 0 spiro atoms. The van der Waals surface area contributed by atoms with E-state index in [4.69, 9.17) is 0 Å². The van der Waals surface area contributed by atoms with Crippen molar-refractivity contribution in [1.82, 2.24) is 14.5 Å². The number of nitrogens with zero attached hydrogens (tertiary/aromatic N) is 2. The normalized spacial score (nSPS) is 21.7. The minimum atomic E-state index is -3.42. The van der Waals surface area contributed by atoms with E-state index in [1.54, 1.807) is 0 Å². The highest BCUT2D eigenvalue weighted by Gasteiger charge is 2.59. The number of amides is 1. The van der Waals surface area contributed by atoms with Gasteiger partial charge in [0.05, 0.1) is 0 Å². The van der Waals surface area contributed by atoms with Gasteiger partial charge in [0.25, 0.3) is 15.9 Å². The second kappa shape index (κ2) is 4.91. The van der Waals surface area contributed by atoms with Crippen molar-refractivity contribution < 1.29 is 13.2 Å². The van der Waals surface area contributed by atoms with Crippen LogP contribution in [0.3, 0.4) is 0 Å². The van der Waals surface area contributed by atoms with Gasteiger partial charge in [-0.3, -0.25) is 4.79 Å². The fourth-order valence-electron chi connectivity index (χ4n) is 1.59. The average molecular weight is 263 g/mol. The maximum Gasteiger partial charge on any atom is 0.258 e. The number of rotatable bonds is 6. The Labute approximate surface area is 103 Å². The molecule has 100 valence electrons. The molecule has 0 radical (unpaired) electrons. The third-order valence-electron chi connectivity index (χ3n) is 2.90. The second-order valence-corrected chi connectivity index (χ2v) is 7.36. The molecule has 1 rings (SSSR count). The van der Waals surface area contributed by atoms with Crippen LogP contribution in [-0.2, 0) is 14.8 Å². The first-order chi connectivity index (χ1) is 7.71. The van der Waals surface area contributed by atoms with Crippen molar-refractivity contribution in [3.63, 3.8) is 0 Å². The molecule has 0 aliphatic carbocycles. The minimum Gasteiger partial charge on any atom is -0.314 e. The summed E-state index contributed by atoms with van der Waals surface area (Å²) in [5.74, 6) is -0.313. The van der Waals surface area contributed by atoms with Gasteiger partial charge in [-0.25, -0.2) is 12.7 Å². The summed E-state index contributed by atoms with van der Waals surface area (Å²) in [6.07, 6.45) is 0. The predicted octanol–water partition coefficient (Wildman–Crippen LogP) is -0.912. The first-order valence-corrected chi connectivity index (χ1v) is 7.07. The van der Waals surface area contributed by atoms with Crippen LogP contribution in [0.5, 0.6) is 0 Å². The Bertz CT molecular complexity index is 390. The minimum absolute atomic E-state index is 0.220. The summed E-state index contributed by atoms with van der Waals surface area (Å²) in [5, 5.41) is 3.10. The molecule has 0 saturated carbocycles. The van der Waals surface area contributed by atoms with Crippen molar-refractivity contribution in [2.24, 2.45) is 0 Å². The van der Waals surface area contributed by atoms with E-state index in [1.165, 1.54) is 13.8 Å². The summed E-state index contributed by atoms with van der Waals surface area (Å²) in [7, 11) is 0.512. The van der Waals surface area contributed by atoms with Crippen molar-refractivity contribution in [1.29, 1.82) is 0 Å². The van der Waals surface area contributed by atoms with E-state index in [9.17, 15) is 13.2 Å². The second-order valence-electron chi connectivity index (χ2n) is 4.95. The molecular formula is C10H21N3O3S. The topological polar surface area (TPSA) is 69.7 Å². The smallest absolute Gasteiger partial charge is 0.258 e. The van der Waals surface area contributed by atoms with Crippen LogP contribution in [0.25, 0.3) is 0 Å². The van der Waals surface area contributed by atoms with Gasteiger partial charge in [-0.15, -0.1) is 0 Å². The highest BCUT2D eigenvalue weighted by Crippen LogP contribution is 2.34. The standard InChI is InChI=1S/C10H21N3O3S/c1-10(2)9(14)13(17(10,15)16)8-6-11-5-7-12(3)4/h11H,5-8H2,1-4H3. The molecule has 1 saturated heterocycles. The lowest BCUT2D eigenvalue weighted by atomic mass is 10.2. The van der Waals surface area contributed by atoms with Crippen LogP contribution in [0.15, 0.2) is 0 Å². The highest BCUT2D eigenvalue weighted by atomic mass is 32.2. The zero-order valence-electron chi connectivity index (χ0n) is 10.9. The first-order valence-electron chi connectivity index (χ1n) is 5.63. The molecular weight excluding hydrogens is 242 g/mol. The lowest BCUT2D eigenvalue weighted by molar-refractivity contribution is -0.132. The zero-order valence-corrected chi connectivity index (χ0v) is 11.7. The van der Waals surface area contributed by atoms with Gasteiger partial charge in [-0.05, 0) is 27.9 Å². The Morgan fingerprint density at radius 2 is 1.88 bits per heavy atom. The first kappa shape index (κ1) is 14.4. The summed E-state index contributed by atoms with van der Waals surface area (Å²) in [6, 6.07) is 0. The van der Waals surface area contributed by atoms with Crippen molar-refractivity contribution in [3.8, 4) is 0 Å². The Balaban J connectivity index is 2.33. The third-order valence-corrected chi connectivity index (χ3v) is 5.30. The lowest BCUT2D eigenvalue weighted by Gasteiger charge is -2.43. The van der Waals surface area contributed by atoms with Crippen molar-refractivity contribution in [2.75, 3.05) is 40.3 Å². The Morgan fingerprint density at radius 3 is 2.35 bits per heavy atom. The van der Waals surface area contributed by atoms with Gasteiger partial charge in [0.1, 0.15) is 0 Å². The van der Waals surface area contributed by atoms with Crippen LogP contribution < -0.4 is 5.32 Å². The number of likely N-dealkylation sites (N-methyl/N-ethyl adjacent to an activating group) is 1. The summed E-state index contributed by atoms with van der Waals surface area (Å²) < 4.78 is 23.2. The van der Waals surface area contributed by atoms with Gasteiger partial charge in [0.2, 0.25) is 0 Å². The molecule has 0 atom stereocenters. The van der Waals surface area contributed by atoms with E-state index in [0.29, 0.717) is 6.54 Å². The Hall–Kier alpha value is -0.660. The number of nitrogens with one attached hydrogen (secondary N) is 1. The molecule has 0 aromatic heterocycles. The van der Waals surface area contributed by atoms with Gasteiger partial charge < -0.3 is 10.2 Å². The van der Waals surface area contributed by atoms with E-state index < -0.39 is 14.8 Å². The Morgan fingerprint density at radius 1 is 1.29 bits per heavy atom. The molecule has 0 unspecified atom stereocenters. The van der Waals surface area contributed by atoms with E-state index in [2.05, 4.69) is 5.32 Å². The van der Waals surface area contributed by atoms with E-state index in [1.807, 2.05) is 19.0 Å². The van der Waals surface area contributed by atoms with Gasteiger partial charge in [-0.1, -0.05) is 0 Å². The van der Waals surface area contributed by atoms with Gasteiger partial charge in [-0.2, -0.15) is 0 Å². The third kappa shape index (κ3) is 2.61. The fourth-order valence-corrected chi connectivity index (χ4v) is 3.11. The summed E-state index contributed by atoms with van der Waals surface area (Å²) >= 11 is 0. The Kier molecular flexibility index (Phi) is 4.16. The average Bonchev–Trinajstić information content (AvgIpc) is 2.21. The van der Waals surface area contributed by atoms with Crippen LogP contribution in [0.2, 0.25) is 0 Å². The lowest BCUT2D eigenvalue weighted by Crippen LogP contribution is -2.68. The monoisotopic (exact) mass is 263 g/mol. The van der Waals surface area contributed by atoms with E-state index in [-0.39, 0.29) is 12.5 Å². The number of hydrogen-bond donors (Lipinski definition) is 1. The van der Waals surface area contributed by atoms with E-state index in [0.717, 1.165) is 17.4 Å². The van der Waals surface area contributed by atoms with Crippen LogP contribution in [0, 0.1) is 0 Å². The molecule has 1 fully saturated rings. The maximum absolute atomic E-state index is 11.7. The fraction of sp³-hybridized carbons (Fsp3) is 0.900. The number of carbonyl (C=O) groups excluding carboxylic acids is 1. The molecule has 0 aromatic rings. The molecule has 7 heteroatoms. The summed E-state index contributed by atoms with van der Waals surface area (Å²) in [6.45, 7) is 5.26. The predicted molar refractivity (Wildman–Crippen MR) is 66.1 cm³/mol. The van der Waals surface area contributed by atoms with Crippen LogP contribution in [0.4, 0.5) is 0 Å². The number of sulfonamides is 1. The largest absolute Gasteiger partial charge is 0.314 e. The van der Waals surface area contributed by atoms with Crippen molar-refractivity contribution in [3.05, 3.63) is 0 Å². The molecule has 1 N–H and O–H groups in total. The van der Waals surface area contributed by atoms with Crippen LogP contribution in [-0.4, -0.2) is 68.6 Å². The van der Waals surface area contributed by atoms with E-state index >= 15 is 0 Å². The molecule has 1 heterocycles. The SMILES string of the molecule is CN(C)CCNCCN1C(=O)C(C)(C)S1(=O)=O. The molecule has 17 heavy (non-hydrogen) atoms. The summed E-state index contributed by atoms with van der Waals surface area (Å²) in [5.41, 5.74) is 0. The summed E-state index contributed by atoms with van der Waals surface area (Å²) in [4.78, 5) is 13.6. The molecule has 6 nitrogen and oxygen atoms in total. The molecule has 1 aliphatic rings. The molecule has 0 aromatic carbocycles.